The van der Waals surface area contributed by atoms with Gasteiger partial charge in [0, 0.05) is 33.8 Å². The summed E-state index contributed by atoms with van der Waals surface area (Å²) in [7, 11) is 0. The van der Waals surface area contributed by atoms with Crippen LogP contribution in [-0.4, -0.2) is 29.3 Å². The molecule has 1 aromatic carbocycles. The molecule has 4 aromatic rings. The molecule has 1 atom stereocenters. The van der Waals surface area contributed by atoms with Gasteiger partial charge in [0.05, 0.1) is 25.0 Å². The molecule has 39 heavy (non-hydrogen) atoms. The van der Waals surface area contributed by atoms with Crippen LogP contribution in [0.3, 0.4) is 0 Å². The highest BCUT2D eigenvalue weighted by Crippen LogP contribution is 2.45. The van der Waals surface area contributed by atoms with Crippen LogP contribution in [0.2, 0.25) is 0 Å². The van der Waals surface area contributed by atoms with Gasteiger partial charge in [0.1, 0.15) is 17.3 Å². The minimum absolute atomic E-state index is 0.129. The van der Waals surface area contributed by atoms with Crippen molar-refractivity contribution >= 4 is 45.3 Å². The predicted molar refractivity (Wildman–Crippen MR) is 155 cm³/mol. The number of benzene rings is 1. The number of aliphatic imine (C=N–C) groups is 1. The van der Waals surface area contributed by atoms with E-state index in [1.165, 1.54) is 4.88 Å². The average molecular weight is 546 g/mol. The van der Waals surface area contributed by atoms with E-state index in [-0.39, 0.29) is 23.8 Å². The molecule has 1 aliphatic carbocycles. The van der Waals surface area contributed by atoms with E-state index < -0.39 is 0 Å². The van der Waals surface area contributed by atoms with Crippen molar-refractivity contribution in [3.63, 3.8) is 0 Å². The minimum Gasteiger partial charge on any atom is -0.467 e. The van der Waals surface area contributed by atoms with Gasteiger partial charge in [-0.3, -0.25) is 9.59 Å². The van der Waals surface area contributed by atoms with Crippen LogP contribution in [0.5, 0.6) is 0 Å². The fourth-order valence-corrected chi connectivity index (χ4v) is 6.56. The van der Waals surface area contributed by atoms with Gasteiger partial charge in [-0.1, -0.05) is 39.0 Å². The molecule has 1 aliphatic rings. The Bertz CT molecular complexity index is 1500. The monoisotopic (exact) mass is 545 g/mol. The van der Waals surface area contributed by atoms with Crippen LogP contribution in [-0.2, 0) is 35.5 Å². The first-order valence-corrected chi connectivity index (χ1v) is 14.3. The lowest BCUT2D eigenvalue weighted by molar-refractivity contribution is -0.143. The number of esters is 1. The molecule has 0 unspecified atom stereocenters. The van der Waals surface area contributed by atoms with E-state index in [1.807, 2.05) is 53.4 Å². The van der Waals surface area contributed by atoms with Crippen LogP contribution >= 0.6 is 11.3 Å². The Morgan fingerprint density at radius 3 is 2.79 bits per heavy atom. The average Bonchev–Trinajstić information content (AvgIpc) is 3.63. The van der Waals surface area contributed by atoms with E-state index in [1.54, 1.807) is 24.5 Å². The van der Waals surface area contributed by atoms with Gasteiger partial charge in [-0.25, -0.2) is 4.99 Å². The Hall–Kier alpha value is -3.65. The number of fused-ring (bicyclic) bond motifs is 2. The number of carbonyl (C=O) groups excluding carboxylic acids is 2. The zero-order chi connectivity index (χ0) is 27.6. The van der Waals surface area contributed by atoms with Gasteiger partial charge >= 0.3 is 5.97 Å². The lowest BCUT2D eigenvalue weighted by Gasteiger charge is -2.33. The molecule has 0 bridgehead atoms. The second-order valence-corrected chi connectivity index (χ2v) is 12.1. The maximum Gasteiger partial charge on any atom is 0.325 e. The molecule has 0 saturated heterocycles. The van der Waals surface area contributed by atoms with Crippen molar-refractivity contribution in [1.82, 2.24) is 9.88 Å². The normalized spacial score (nSPS) is 15.5. The third-order valence-electron chi connectivity index (χ3n) is 7.45. The lowest BCUT2D eigenvalue weighted by Crippen LogP contribution is -2.28. The van der Waals surface area contributed by atoms with Crippen LogP contribution in [0.25, 0.3) is 10.9 Å². The summed E-state index contributed by atoms with van der Waals surface area (Å²) >= 11 is 1.62. The first-order chi connectivity index (χ1) is 18.7. The fraction of sp³-hybridized carbons (Fsp3) is 0.387. The number of nitrogens with one attached hydrogen (secondary N) is 1. The van der Waals surface area contributed by atoms with E-state index in [2.05, 4.69) is 26.1 Å². The standard InChI is InChI=1S/C31H35N3O4S/c1-5-37-27(35)19-34-18-20(23-10-6-7-11-25(23)34)16-33-30-28(29(36)32-17-22-9-8-14-38-22)24-13-12-21(31(2,3)4)15-26(24)39-30/h6-11,14,16,18,21H,5,12-13,15,17,19H2,1-4H3,(H,32,36)/t21-/m0/s1. The molecule has 7 nitrogen and oxygen atoms in total. The summed E-state index contributed by atoms with van der Waals surface area (Å²) in [5, 5.41) is 4.74. The van der Waals surface area contributed by atoms with Crippen molar-refractivity contribution in [1.29, 1.82) is 0 Å². The van der Waals surface area contributed by atoms with Gasteiger partial charge in [0.25, 0.3) is 5.91 Å². The zero-order valence-corrected chi connectivity index (χ0v) is 23.8. The Labute approximate surface area is 232 Å². The quantitative estimate of drug-likeness (QED) is 0.197. The molecule has 3 aromatic heterocycles. The first-order valence-electron chi connectivity index (χ1n) is 13.5. The molecular weight excluding hydrogens is 510 g/mol. The van der Waals surface area contributed by atoms with Gasteiger partial charge in [0.2, 0.25) is 0 Å². The molecule has 0 radical (unpaired) electrons. The van der Waals surface area contributed by atoms with Gasteiger partial charge in [-0.15, -0.1) is 11.3 Å². The molecule has 0 spiro atoms. The molecule has 3 heterocycles. The fourth-order valence-electron chi connectivity index (χ4n) is 5.29. The highest BCUT2D eigenvalue weighted by Gasteiger charge is 2.33. The van der Waals surface area contributed by atoms with Crippen molar-refractivity contribution in [2.24, 2.45) is 16.3 Å². The van der Waals surface area contributed by atoms with Crippen molar-refractivity contribution in [2.75, 3.05) is 6.61 Å². The number of para-hydroxylation sites is 1. The number of nitrogens with zero attached hydrogens (tertiary/aromatic N) is 2. The number of furan rings is 1. The summed E-state index contributed by atoms with van der Waals surface area (Å²) in [6.07, 6.45) is 8.21. The van der Waals surface area contributed by atoms with Crippen molar-refractivity contribution in [3.8, 4) is 0 Å². The van der Waals surface area contributed by atoms with E-state index >= 15 is 0 Å². The van der Waals surface area contributed by atoms with Gasteiger partial charge in [0.15, 0.2) is 0 Å². The Balaban J connectivity index is 1.49. The number of hydrogen-bond donors (Lipinski definition) is 1. The Morgan fingerprint density at radius 1 is 1.23 bits per heavy atom. The zero-order valence-electron chi connectivity index (χ0n) is 23.0. The third-order valence-corrected chi connectivity index (χ3v) is 8.61. The summed E-state index contributed by atoms with van der Waals surface area (Å²) in [6.45, 7) is 9.47. The van der Waals surface area contributed by atoms with Crippen LogP contribution in [0.1, 0.15) is 66.2 Å². The topological polar surface area (TPSA) is 85.8 Å². The van der Waals surface area contributed by atoms with Gasteiger partial charge in [-0.2, -0.15) is 0 Å². The summed E-state index contributed by atoms with van der Waals surface area (Å²) in [5.74, 6) is 0.853. The number of thiophene rings is 1. The Morgan fingerprint density at radius 2 is 2.05 bits per heavy atom. The minimum atomic E-state index is -0.281. The molecule has 1 N–H and O–H groups in total. The van der Waals surface area contributed by atoms with Crippen LogP contribution in [0, 0.1) is 11.3 Å². The van der Waals surface area contributed by atoms with Crippen molar-refractivity contribution in [3.05, 3.63) is 76.2 Å². The summed E-state index contributed by atoms with van der Waals surface area (Å²) in [6, 6.07) is 11.6. The number of amides is 1. The maximum atomic E-state index is 13.5. The number of ether oxygens (including phenoxy) is 1. The lowest BCUT2D eigenvalue weighted by atomic mass is 9.72. The van der Waals surface area contributed by atoms with Gasteiger partial charge in [-0.05, 0) is 61.3 Å². The molecule has 8 heteroatoms. The highest BCUT2D eigenvalue weighted by atomic mass is 32.1. The summed E-state index contributed by atoms with van der Waals surface area (Å²) in [4.78, 5) is 31.8. The van der Waals surface area contributed by atoms with Gasteiger partial charge < -0.3 is 19.0 Å². The Kier molecular flexibility index (Phi) is 7.75. The van der Waals surface area contributed by atoms with E-state index in [0.29, 0.717) is 35.4 Å². The molecule has 1 amide bonds. The SMILES string of the molecule is CCOC(=O)Cn1cc(C=Nc2sc3c(c2C(=O)NCc2ccco2)CC[C@H](C(C)(C)C)C3)c2ccccc21. The van der Waals surface area contributed by atoms with E-state index in [0.717, 1.165) is 41.3 Å². The smallest absolute Gasteiger partial charge is 0.325 e. The molecule has 0 fully saturated rings. The number of hydrogen-bond acceptors (Lipinski definition) is 6. The number of rotatable bonds is 8. The predicted octanol–water partition coefficient (Wildman–Crippen LogP) is 6.69. The number of aromatic nitrogens is 1. The molecule has 5 rings (SSSR count). The summed E-state index contributed by atoms with van der Waals surface area (Å²) in [5.41, 5.74) is 3.81. The summed E-state index contributed by atoms with van der Waals surface area (Å²) < 4.78 is 12.5. The number of carbonyl (C=O) groups is 2. The van der Waals surface area contributed by atoms with Crippen molar-refractivity contribution in [2.45, 2.75) is 60.0 Å². The highest BCUT2D eigenvalue weighted by molar-refractivity contribution is 7.16. The molecule has 0 aliphatic heterocycles. The molecule has 0 saturated carbocycles. The molecule has 204 valence electrons. The third kappa shape index (κ3) is 5.86. The van der Waals surface area contributed by atoms with E-state index in [4.69, 9.17) is 14.1 Å². The van der Waals surface area contributed by atoms with Crippen molar-refractivity contribution < 1.29 is 18.7 Å². The van der Waals surface area contributed by atoms with Crippen LogP contribution in [0.15, 0.2) is 58.3 Å². The maximum absolute atomic E-state index is 13.5. The molecular formula is C31H35N3O4S. The van der Waals surface area contributed by atoms with Crippen LogP contribution in [0.4, 0.5) is 5.00 Å². The first kappa shape index (κ1) is 26.9. The van der Waals surface area contributed by atoms with Crippen LogP contribution < -0.4 is 5.32 Å². The second-order valence-electron chi connectivity index (χ2n) is 11.0. The largest absolute Gasteiger partial charge is 0.467 e. The van der Waals surface area contributed by atoms with E-state index in [9.17, 15) is 9.59 Å². The second kappa shape index (κ2) is 11.2.